The van der Waals surface area contributed by atoms with Crippen LogP contribution in [-0.2, 0) is 6.54 Å². The lowest BCUT2D eigenvalue weighted by molar-refractivity contribution is 0.240. The zero-order chi connectivity index (χ0) is 16.6. The van der Waals surface area contributed by atoms with Gasteiger partial charge in [-0.05, 0) is 55.9 Å². The summed E-state index contributed by atoms with van der Waals surface area (Å²) in [6, 6.07) is 9.79. The van der Waals surface area contributed by atoms with E-state index in [2.05, 4.69) is 21.8 Å². The van der Waals surface area contributed by atoms with Crippen LogP contribution in [0, 0.1) is 0 Å². The SMILES string of the molecule is O=C(NCCC1=CCCCC1)NCc1ccc(-n2cccn2)cc1. The zero-order valence-corrected chi connectivity index (χ0v) is 13.9. The third kappa shape index (κ3) is 4.72. The molecule has 1 aromatic heterocycles. The molecule has 1 aliphatic rings. The van der Waals surface area contributed by atoms with Crippen molar-refractivity contribution in [1.29, 1.82) is 0 Å². The van der Waals surface area contributed by atoms with E-state index in [-0.39, 0.29) is 6.03 Å². The van der Waals surface area contributed by atoms with Crippen LogP contribution in [0.15, 0.2) is 54.4 Å². The summed E-state index contributed by atoms with van der Waals surface area (Å²) in [5.74, 6) is 0. The Morgan fingerprint density at radius 2 is 2.04 bits per heavy atom. The molecule has 2 amide bonds. The lowest BCUT2D eigenvalue weighted by Crippen LogP contribution is -2.35. The number of nitrogens with one attached hydrogen (secondary N) is 2. The van der Waals surface area contributed by atoms with Crippen molar-refractivity contribution in [3.8, 4) is 5.69 Å². The van der Waals surface area contributed by atoms with Crippen molar-refractivity contribution in [2.45, 2.75) is 38.6 Å². The number of urea groups is 1. The minimum atomic E-state index is -0.109. The predicted octanol–water partition coefficient (Wildman–Crippen LogP) is 3.56. The summed E-state index contributed by atoms with van der Waals surface area (Å²) < 4.78 is 1.81. The number of hydrogen-bond acceptors (Lipinski definition) is 2. The van der Waals surface area contributed by atoms with E-state index >= 15 is 0 Å². The van der Waals surface area contributed by atoms with Crippen LogP contribution in [0.2, 0.25) is 0 Å². The van der Waals surface area contributed by atoms with Gasteiger partial charge in [0.2, 0.25) is 0 Å². The summed E-state index contributed by atoms with van der Waals surface area (Å²) in [5.41, 5.74) is 3.56. The smallest absolute Gasteiger partial charge is 0.315 e. The van der Waals surface area contributed by atoms with Gasteiger partial charge in [-0.3, -0.25) is 0 Å². The van der Waals surface area contributed by atoms with Gasteiger partial charge in [-0.2, -0.15) is 5.10 Å². The van der Waals surface area contributed by atoms with Crippen LogP contribution in [0.1, 0.15) is 37.7 Å². The number of aromatic nitrogens is 2. The molecule has 0 atom stereocenters. The molecule has 0 spiro atoms. The lowest BCUT2D eigenvalue weighted by atomic mass is 9.97. The van der Waals surface area contributed by atoms with E-state index in [1.54, 1.807) is 6.20 Å². The van der Waals surface area contributed by atoms with E-state index in [1.165, 1.54) is 31.3 Å². The number of carbonyl (C=O) groups excluding carboxylic acids is 1. The van der Waals surface area contributed by atoms with Gasteiger partial charge >= 0.3 is 6.03 Å². The molecule has 5 heteroatoms. The van der Waals surface area contributed by atoms with Gasteiger partial charge < -0.3 is 10.6 Å². The molecule has 1 aliphatic carbocycles. The standard InChI is InChI=1S/C19H24N4O/c24-19(20-13-11-16-5-2-1-3-6-16)21-15-17-7-9-18(10-8-17)23-14-4-12-22-23/h4-5,7-10,12,14H,1-3,6,11,13,15H2,(H2,20,21,24). The quantitative estimate of drug-likeness (QED) is 0.798. The van der Waals surface area contributed by atoms with Crippen LogP contribution < -0.4 is 10.6 Å². The Bertz CT molecular complexity index is 674. The molecule has 1 heterocycles. The van der Waals surface area contributed by atoms with E-state index in [0.29, 0.717) is 13.1 Å². The monoisotopic (exact) mass is 324 g/mol. The maximum absolute atomic E-state index is 11.9. The fourth-order valence-corrected chi connectivity index (χ4v) is 2.90. The molecule has 5 nitrogen and oxygen atoms in total. The molecular formula is C19H24N4O. The summed E-state index contributed by atoms with van der Waals surface area (Å²) >= 11 is 0. The van der Waals surface area contributed by atoms with Crippen molar-refractivity contribution >= 4 is 6.03 Å². The highest BCUT2D eigenvalue weighted by Gasteiger charge is 2.05. The van der Waals surface area contributed by atoms with Gasteiger partial charge in [-0.25, -0.2) is 9.48 Å². The van der Waals surface area contributed by atoms with Crippen molar-refractivity contribution in [1.82, 2.24) is 20.4 Å². The third-order valence-electron chi connectivity index (χ3n) is 4.28. The summed E-state index contributed by atoms with van der Waals surface area (Å²) in [7, 11) is 0. The molecule has 0 radical (unpaired) electrons. The Balaban J connectivity index is 1.38. The molecule has 0 fully saturated rings. The number of hydrogen-bond donors (Lipinski definition) is 2. The van der Waals surface area contributed by atoms with Crippen molar-refractivity contribution in [3.05, 3.63) is 59.9 Å². The summed E-state index contributed by atoms with van der Waals surface area (Å²) in [6.45, 7) is 1.23. The van der Waals surface area contributed by atoms with Crippen molar-refractivity contribution in [2.24, 2.45) is 0 Å². The van der Waals surface area contributed by atoms with Gasteiger partial charge in [0.25, 0.3) is 0 Å². The fraction of sp³-hybridized carbons (Fsp3) is 0.368. The second-order valence-corrected chi connectivity index (χ2v) is 6.08. The fourth-order valence-electron chi connectivity index (χ4n) is 2.90. The van der Waals surface area contributed by atoms with Crippen LogP contribution in [0.3, 0.4) is 0 Å². The van der Waals surface area contributed by atoms with Crippen LogP contribution in [0.4, 0.5) is 4.79 Å². The van der Waals surface area contributed by atoms with Gasteiger partial charge in [0.1, 0.15) is 0 Å². The molecule has 0 saturated heterocycles. The highest BCUT2D eigenvalue weighted by molar-refractivity contribution is 5.73. The average molecular weight is 324 g/mol. The normalized spacial score (nSPS) is 14.1. The molecule has 0 bridgehead atoms. The minimum absolute atomic E-state index is 0.109. The maximum Gasteiger partial charge on any atom is 0.315 e. The van der Waals surface area contributed by atoms with Gasteiger partial charge in [0.05, 0.1) is 5.69 Å². The molecular weight excluding hydrogens is 300 g/mol. The minimum Gasteiger partial charge on any atom is -0.338 e. The van der Waals surface area contributed by atoms with Crippen molar-refractivity contribution < 1.29 is 4.79 Å². The molecule has 24 heavy (non-hydrogen) atoms. The number of amides is 2. The van der Waals surface area contributed by atoms with Crippen LogP contribution >= 0.6 is 0 Å². The third-order valence-corrected chi connectivity index (χ3v) is 4.28. The van der Waals surface area contributed by atoms with E-state index in [9.17, 15) is 4.79 Å². The first-order chi connectivity index (χ1) is 11.8. The maximum atomic E-state index is 11.9. The zero-order valence-electron chi connectivity index (χ0n) is 13.9. The Morgan fingerprint density at radius 1 is 1.17 bits per heavy atom. The first-order valence-corrected chi connectivity index (χ1v) is 8.60. The first-order valence-electron chi connectivity index (χ1n) is 8.60. The summed E-state index contributed by atoms with van der Waals surface area (Å²) in [4.78, 5) is 11.9. The van der Waals surface area contributed by atoms with Gasteiger partial charge in [-0.15, -0.1) is 0 Å². The van der Waals surface area contributed by atoms with Crippen molar-refractivity contribution in [3.63, 3.8) is 0 Å². The number of carbonyl (C=O) groups is 1. The van der Waals surface area contributed by atoms with Crippen LogP contribution in [0.25, 0.3) is 5.69 Å². The topological polar surface area (TPSA) is 59.0 Å². The highest BCUT2D eigenvalue weighted by atomic mass is 16.2. The summed E-state index contributed by atoms with van der Waals surface area (Å²) in [5, 5.41) is 10.0. The molecule has 1 aromatic carbocycles. The van der Waals surface area contributed by atoms with E-state index in [4.69, 9.17) is 0 Å². The predicted molar refractivity (Wildman–Crippen MR) is 95.0 cm³/mol. The molecule has 126 valence electrons. The second-order valence-electron chi connectivity index (χ2n) is 6.08. The second kappa shape index (κ2) is 8.34. The molecule has 3 rings (SSSR count). The van der Waals surface area contributed by atoms with E-state index in [0.717, 1.165) is 17.7 Å². The lowest BCUT2D eigenvalue weighted by Gasteiger charge is -2.13. The number of allylic oxidation sites excluding steroid dienone is 1. The number of nitrogens with zero attached hydrogens (tertiary/aromatic N) is 2. The number of benzene rings is 1. The first kappa shape index (κ1) is 16.3. The van der Waals surface area contributed by atoms with Gasteiger partial charge in [0.15, 0.2) is 0 Å². The Kier molecular flexibility index (Phi) is 5.66. The Labute approximate surface area is 142 Å². The highest BCUT2D eigenvalue weighted by Crippen LogP contribution is 2.19. The van der Waals surface area contributed by atoms with Gasteiger partial charge in [-0.1, -0.05) is 23.8 Å². The van der Waals surface area contributed by atoms with E-state index in [1.807, 2.05) is 41.2 Å². The Morgan fingerprint density at radius 3 is 2.75 bits per heavy atom. The molecule has 2 N–H and O–H groups in total. The van der Waals surface area contributed by atoms with Crippen LogP contribution in [-0.4, -0.2) is 22.4 Å². The average Bonchev–Trinajstić information content (AvgIpc) is 3.16. The van der Waals surface area contributed by atoms with E-state index < -0.39 is 0 Å². The molecule has 2 aromatic rings. The molecule has 0 aliphatic heterocycles. The van der Waals surface area contributed by atoms with Crippen molar-refractivity contribution in [2.75, 3.05) is 6.54 Å². The van der Waals surface area contributed by atoms with Gasteiger partial charge in [0, 0.05) is 25.5 Å². The summed E-state index contributed by atoms with van der Waals surface area (Å²) in [6.07, 6.45) is 11.9. The molecule has 0 unspecified atom stereocenters. The number of rotatable bonds is 6. The Hall–Kier alpha value is -2.56. The largest absolute Gasteiger partial charge is 0.338 e. The van der Waals surface area contributed by atoms with Crippen LogP contribution in [0.5, 0.6) is 0 Å². The molecule has 0 saturated carbocycles.